The van der Waals surface area contributed by atoms with E-state index in [9.17, 15) is 0 Å². The van der Waals surface area contributed by atoms with Crippen molar-refractivity contribution in [3.63, 3.8) is 0 Å². The molecule has 0 aliphatic heterocycles. The minimum Gasteiger partial charge on any atom is -0.216 e. The van der Waals surface area contributed by atoms with Gasteiger partial charge in [-0.15, -0.1) is 16.7 Å². The van der Waals surface area contributed by atoms with Crippen LogP contribution in [-0.2, 0) is 5.88 Å². The highest BCUT2D eigenvalue weighted by molar-refractivity contribution is 9.10. The zero-order valence-electron chi connectivity index (χ0n) is 8.91. The molecule has 0 fully saturated rings. The molecule has 0 bridgehead atoms. The second-order valence-electron chi connectivity index (χ2n) is 3.41. The summed E-state index contributed by atoms with van der Waals surface area (Å²) in [4.78, 5) is 0. The Morgan fingerprint density at radius 3 is 2.50 bits per heavy atom. The average molecular weight is 302 g/mol. The van der Waals surface area contributed by atoms with Gasteiger partial charge in [-0.2, -0.15) is 10.2 Å². The summed E-state index contributed by atoms with van der Waals surface area (Å²) in [5, 5.41) is 12.4. The highest BCUT2D eigenvalue weighted by Gasteiger charge is 2.11. The summed E-state index contributed by atoms with van der Waals surface area (Å²) in [6.07, 6.45) is 0. The van der Waals surface area contributed by atoms with Crippen molar-refractivity contribution in [3.8, 4) is 5.82 Å². The van der Waals surface area contributed by atoms with E-state index in [1.54, 1.807) is 4.68 Å². The minimum absolute atomic E-state index is 0.369. The number of hydrogen-bond donors (Lipinski definition) is 0. The van der Waals surface area contributed by atoms with Crippen LogP contribution in [0.3, 0.4) is 0 Å². The van der Waals surface area contributed by atoms with E-state index in [4.69, 9.17) is 11.6 Å². The molecule has 2 aromatic heterocycles. The Morgan fingerprint density at radius 2 is 2.06 bits per heavy atom. The van der Waals surface area contributed by atoms with E-state index < -0.39 is 0 Å². The number of aromatic nitrogens is 4. The molecule has 0 aromatic carbocycles. The zero-order valence-corrected chi connectivity index (χ0v) is 11.2. The maximum atomic E-state index is 5.65. The molecule has 16 heavy (non-hydrogen) atoms. The first kappa shape index (κ1) is 11.5. The van der Waals surface area contributed by atoms with Gasteiger partial charge in [0.1, 0.15) is 0 Å². The van der Waals surface area contributed by atoms with Gasteiger partial charge in [0, 0.05) is 0 Å². The molecule has 2 aromatic rings. The largest absolute Gasteiger partial charge is 0.216 e. The first-order chi connectivity index (χ1) is 7.63. The second-order valence-corrected chi connectivity index (χ2v) is 4.47. The standard InChI is InChI=1S/C10H10BrClN4/c1-6-10(11)7(2)16(15-6)9-4-3-8(5-12)13-14-9/h3-4H,5H2,1-2H3. The molecule has 2 rings (SSSR count). The van der Waals surface area contributed by atoms with Crippen LogP contribution in [0.1, 0.15) is 17.1 Å². The van der Waals surface area contributed by atoms with Crippen molar-refractivity contribution >= 4 is 27.5 Å². The summed E-state index contributed by atoms with van der Waals surface area (Å²) in [7, 11) is 0. The third-order valence-corrected chi connectivity index (χ3v) is 3.68. The third-order valence-electron chi connectivity index (χ3n) is 2.26. The highest BCUT2D eigenvalue weighted by Crippen LogP contribution is 2.21. The maximum absolute atomic E-state index is 5.65. The summed E-state index contributed by atoms with van der Waals surface area (Å²) in [6, 6.07) is 3.70. The van der Waals surface area contributed by atoms with Crippen molar-refractivity contribution in [3.05, 3.63) is 33.7 Å². The van der Waals surface area contributed by atoms with Crippen LogP contribution in [0.4, 0.5) is 0 Å². The average Bonchev–Trinajstić information content (AvgIpc) is 2.57. The predicted octanol–water partition coefficient (Wildman–Crippen LogP) is 2.78. The van der Waals surface area contributed by atoms with E-state index in [0.29, 0.717) is 11.7 Å². The first-order valence-electron chi connectivity index (χ1n) is 4.74. The fourth-order valence-electron chi connectivity index (χ4n) is 1.38. The van der Waals surface area contributed by atoms with Crippen molar-refractivity contribution in [2.24, 2.45) is 0 Å². The number of halogens is 2. The molecule has 0 radical (unpaired) electrons. The molecule has 6 heteroatoms. The first-order valence-corrected chi connectivity index (χ1v) is 6.07. The molecule has 0 N–H and O–H groups in total. The van der Waals surface area contributed by atoms with E-state index in [1.807, 2.05) is 26.0 Å². The summed E-state index contributed by atoms with van der Waals surface area (Å²) in [5.41, 5.74) is 2.69. The van der Waals surface area contributed by atoms with Crippen LogP contribution in [-0.4, -0.2) is 20.0 Å². The fourth-order valence-corrected chi connectivity index (χ4v) is 1.77. The molecule has 0 aliphatic rings. The Labute approximate surface area is 107 Å². The third kappa shape index (κ3) is 1.97. The molecule has 0 unspecified atom stereocenters. The molecule has 0 saturated carbocycles. The summed E-state index contributed by atoms with van der Waals surface area (Å²) < 4.78 is 2.75. The quantitative estimate of drug-likeness (QED) is 0.801. The Bertz CT molecular complexity index is 506. The smallest absolute Gasteiger partial charge is 0.175 e. The Balaban J connectivity index is 2.46. The van der Waals surface area contributed by atoms with Crippen molar-refractivity contribution in [1.29, 1.82) is 0 Å². The lowest BCUT2D eigenvalue weighted by Gasteiger charge is -2.02. The van der Waals surface area contributed by atoms with Gasteiger partial charge >= 0.3 is 0 Å². The number of rotatable bonds is 2. The van der Waals surface area contributed by atoms with Crippen LogP contribution in [0.25, 0.3) is 5.82 Å². The van der Waals surface area contributed by atoms with Gasteiger partial charge < -0.3 is 0 Å². The van der Waals surface area contributed by atoms with E-state index in [1.165, 1.54) is 0 Å². The highest BCUT2D eigenvalue weighted by atomic mass is 79.9. The van der Waals surface area contributed by atoms with Crippen LogP contribution >= 0.6 is 27.5 Å². The van der Waals surface area contributed by atoms with Crippen molar-refractivity contribution in [1.82, 2.24) is 20.0 Å². The van der Waals surface area contributed by atoms with Crippen molar-refractivity contribution in [2.45, 2.75) is 19.7 Å². The van der Waals surface area contributed by atoms with Gasteiger partial charge in [-0.3, -0.25) is 0 Å². The summed E-state index contributed by atoms with van der Waals surface area (Å²) in [5.74, 6) is 1.06. The van der Waals surface area contributed by atoms with Gasteiger partial charge in [0.2, 0.25) is 0 Å². The number of alkyl halides is 1. The topological polar surface area (TPSA) is 43.6 Å². The van der Waals surface area contributed by atoms with Crippen LogP contribution in [0.15, 0.2) is 16.6 Å². The lowest BCUT2D eigenvalue weighted by atomic mass is 10.4. The molecule has 0 spiro atoms. The molecule has 4 nitrogen and oxygen atoms in total. The van der Waals surface area contributed by atoms with Gasteiger partial charge in [0.05, 0.1) is 27.4 Å². The Morgan fingerprint density at radius 1 is 1.31 bits per heavy atom. The SMILES string of the molecule is Cc1nn(-c2ccc(CCl)nn2)c(C)c1Br. The van der Waals surface area contributed by atoms with Gasteiger partial charge in [-0.25, -0.2) is 4.68 Å². The summed E-state index contributed by atoms with van der Waals surface area (Å²) in [6.45, 7) is 3.91. The van der Waals surface area contributed by atoms with Gasteiger partial charge in [-0.05, 0) is 41.9 Å². The monoisotopic (exact) mass is 300 g/mol. The maximum Gasteiger partial charge on any atom is 0.175 e. The van der Waals surface area contributed by atoms with Crippen molar-refractivity contribution < 1.29 is 0 Å². The van der Waals surface area contributed by atoms with Crippen molar-refractivity contribution in [2.75, 3.05) is 0 Å². The van der Waals surface area contributed by atoms with Crippen LogP contribution in [0.5, 0.6) is 0 Å². The molecule has 84 valence electrons. The predicted molar refractivity (Wildman–Crippen MR) is 65.9 cm³/mol. The van der Waals surface area contributed by atoms with Crippen LogP contribution < -0.4 is 0 Å². The normalized spacial score (nSPS) is 10.8. The molecule has 0 saturated heterocycles. The van der Waals surface area contributed by atoms with E-state index in [-0.39, 0.29) is 0 Å². The molecule has 0 atom stereocenters. The number of aryl methyl sites for hydroxylation is 1. The second kappa shape index (κ2) is 4.51. The molecule has 2 heterocycles. The Hall–Kier alpha value is -0.940. The van der Waals surface area contributed by atoms with Gasteiger partial charge in [0.15, 0.2) is 5.82 Å². The van der Waals surface area contributed by atoms with E-state index in [0.717, 1.165) is 21.6 Å². The molecular weight excluding hydrogens is 291 g/mol. The molecule has 0 aliphatic carbocycles. The van der Waals surface area contributed by atoms with Gasteiger partial charge in [-0.1, -0.05) is 0 Å². The lowest BCUT2D eigenvalue weighted by molar-refractivity contribution is 0.774. The molecular formula is C10H10BrClN4. The zero-order chi connectivity index (χ0) is 11.7. The van der Waals surface area contributed by atoms with Crippen LogP contribution in [0, 0.1) is 13.8 Å². The molecule has 0 amide bonds. The number of nitrogens with zero attached hydrogens (tertiary/aromatic N) is 4. The van der Waals surface area contributed by atoms with E-state index in [2.05, 4.69) is 31.2 Å². The van der Waals surface area contributed by atoms with Crippen LogP contribution in [0.2, 0.25) is 0 Å². The summed E-state index contributed by atoms with van der Waals surface area (Å²) >= 11 is 9.13. The van der Waals surface area contributed by atoms with E-state index >= 15 is 0 Å². The lowest BCUT2D eigenvalue weighted by Crippen LogP contribution is -2.04. The van der Waals surface area contributed by atoms with Gasteiger partial charge in [0.25, 0.3) is 0 Å². The Kier molecular flexibility index (Phi) is 3.25. The minimum atomic E-state index is 0.369. The number of hydrogen-bond acceptors (Lipinski definition) is 3. The fraction of sp³-hybridized carbons (Fsp3) is 0.300.